The van der Waals surface area contributed by atoms with Gasteiger partial charge in [0.25, 0.3) is 0 Å². The highest BCUT2D eigenvalue weighted by Gasteiger charge is 2.11. The molecule has 0 aromatic rings. The van der Waals surface area contributed by atoms with Crippen molar-refractivity contribution in [2.45, 2.75) is 19.3 Å². The van der Waals surface area contributed by atoms with Crippen LogP contribution in [0.25, 0.3) is 0 Å². The van der Waals surface area contributed by atoms with Crippen LogP contribution in [0.15, 0.2) is 0 Å². The van der Waals surface area contributed by atoms with Crippen molar-refractivity contribution in [1.82, 2.24) is 4.90 Å². The van der Waals surface area contributed by atoms with Crippen LogP contribution in [-0.2, 0) is 9.53 Å². The number of hydrogen-bond acceptors (Lipinski definition) is 4. The topological polar surface area (TPSA) is 70.0 Å². The van der Waals surface area contributed by atoms with Crippen LogP contribution in [-0.4, -0.2) is 61.0 Å². The molecule has 0 aromatic carbocycles. The Morgan fingerprint density at radius 2 is 1.93 bits per heavy atom. The van der Waals surface area contributed by atoms with Gasteiger partial charge in [-0.25, -0.2) is 0 Å². The maximum Gasteiger partial charge on any atom is 0.222 e. The second-order valence-corrected chi connectivity index (χ2v) is 3.28. The maximum absolute atomic E-state index is 11.6. The van der Waals surface area contributed by atoms with E-state index in [1.54, 1.807) is 12.0 Å². The number of unbranched alkanes of at least 4 members (excludes halogenated alkanes) is 1. The molecule has 0 radical (unpaired) electrons. The lowest BCUT2D eigenvalue weighted by Crippen LogP contribution is -2.36. The molecule has 0 aromatic heterocycles. The lowest BCUT2D eigenvalue weighted by Gasteiger charge is -2.21. The fourth-order valence-electron chi connectivity index (χ4n) is 1.23. The Morgan fingerprint density at radius 1 is 1.20 bits per heavy atom. The molecule has 0 rings (SSSR count). The third-order valence-corrected chi connectivity index (χ3v) is 2.09. The van der Waals surface area contributed by atoms with Gasteiger partial charge in [-0.2, -0.15) is 0 Å². The second-order valence-electron chi connectivity index (χ2n) is 3.28. The Hall–Kier alpha value is -0.650. The lowest BCUT2D eigenvalue weighted by molar-refractivity contribution is -0.132. The molecule has 0 aliphatic rings. The van der Waals surface area contributed by atoms with Crippen molar-refractivity contribution >= 4 is 5.91 Å². The van der Waals surface area contributed by atoms with Gasteiger partial charge in [-0.1, -0.05) is 0 Å². The van der Waals surface area contributed by atoms with Crippen molar-refractivity contribution in [2.24, 2.45) is 0 Å². The number of aliphatic hydroxyl groups excluding tert-OH is 2. The van der Waals surface area contributed by atoms with E-state index >= 15 is 0 Å². The molecule has 0 spiro atoms. The minimum absolute atomic E-state index is 0.00884. The van der Waals surface area contributed by atoms with E-state index < -0.39 is 0 Å². The summed E-state index contributed by atoms with van der Waals surface area (Å²) >= 11 is 0. The molecular weight excluding hydrogens is 198 g/mol. The first kappa shape index (κ1) is 14.3. The molecule has 0 fully saturated rings. The van der Waals surface area contributed by atoms with Gasteiger partial charge in [-0.05, 0) is 12.8 Å². The summed E-state index contributed by atoms with van der Waals surface area (Å²) in [4.78, 5) is 13.2. The average Bonchev–Trinajstić information content (AvgIpc) is 2.24. The summed E-state index contributed by atoms with van der Waals surface area (Å²) in [6.45, 7) is 1.42. The van der Waals surface area contributed by atoms with Gasteiger partial charge in [0.2, 0.25) is 5.91 Å². The molecule has 0 aliphatic heterocycles. The van der Waals surface area contributed by atoms with Crippen LogP contribution in [0.5, 0.6) is 0 Å². The minimum atomic E-state index is -0.0323. The molecule has 15 heavy (non-hydrogen) atoms. The van der Waals surface area contributed by atoms with Crippen LogP contribution in [0, 0.1) is 0 Å². The van der Waals surface area contributed by atoms with E-state index in [9.17, 15) is 4.79 Å². The van der Waals surface area contributed by atoms with E-state index in [0.29, 0.717) is 39.0 Å². The Labute approximate surface area is 90.6 Å². The van der Waals surface area contributed by atoms with Gasteiger partial charge in [0.1, 0.15) is 0 Å². The summed E-state index contributed by atoms with van der Waals surface area (Å²) in [7, 11) is 1.58. The monoisotopic (exact) mass is 219 g/mol. The third kappa shape index (κ3) is 7.30. The van der Waals surface area contributed by atoms with Gasteiger partial charge in [-0.3, -0.25) is 4.79 Å². The fourth-order valence-corrected chi connectivity index (χ4v) is 1.23. The maximum atomic E-state index is 11.6. The summed E-state index contributed by atoms with van der Waals surface area (Å²) in [5.74, 6) is 0.00884. The van der Waals surface area contributed by atoms with Crippen molar-refractivity contribution in [1.29, 1.82) is 0 Å². The fraction of sp³-hybridized carbons (Fsp3) is 0.900. The van der Waals surface area contributed by atoms with Gasteiger partial charge < -0.3 is 19.8 Å². The van der Waals surface area contributed by atoms with Crippen molar-refractivity contribution in [3.05, 3.63) is 0 Å². The molecule has 0 bridgehead atoms. The quantitative estimate of drug-likeness (QED) is 0.518. The first-order valence-electron chi connectivity index (χ1n) is 5.24. The molecule has 5 heteroatoms. The van der Waals surface area contributed by atoms with Crippen LogP contribution in [0.3, 0.4) is 0 Å². The highest BCUT2D eigenvalue weighted by Crippen LogP contribution is 2.00. The molecule has 0 saturated heterocycles. The Balaban J connectivity index is 3.81. The summed E-state index contributed by atoms with van der Waals surface area (Å²) < 4.78 is 4.88. The molecule has 0 aliphatic carbocycles. The van der Waals surface area contributed by atoms with Crippen LogP contribution in [0.2, 0.25) is 0 Å². The van der Waals surface area contributed by atoms with Gasteiger partial charge in [0.15, 0.2) is 0 Å². The van der Waals surface area contributed by atoms with E-state index in [1.807, 2.05) is 0 Å². The molecular formula is C10H21NO4. The standard InChI is InChI=1S/C10H21NO4/c1-15-9-6-11(5-8-13)10(14)4-2-3-7-12/h12-13H,2-9H2,1H3. The van der Waals surface area contributed by atoms with Crippen LogP contribution in [0.4, 0.5) is 0 Å². The number of nitrogens with zero attached hydrogens (tertiary/aromatic N) is 1. The molecule has 1 amide bonds. The minimum Gasteiger partial charge on any atom is -0.396 e. The predicted octanol–water partition coefficient (Wildman–Crippen LogP) is -0.384. The first-order valence-corrected chi connectivity index (χ1v) is 5.24. The van der Waals surface area contributed by atoms with E-state index in [1.165, 1.54) is 0 Å². The largest absolute Gasteiger partial charge is 0.396 e. The molecule has 0 unspecified atom stereocenters. The van der Waals surface area contributed by atoms with E-state index in [2.05, 4.69) is 0 Å². The van der Waals surface area contributed by atoms with E-state index in [4.69, 9.17) is 14.9 Å². The summed E-state index contributed by atoms with van der Waals surface area (Å²) in [6, 6.07) is 0. The van der Waals surface area contributed by atoms with E-state index in [0.717, 1.165) is 0 Å². The average molecular weight is 219 g/mol. The van der Waals surface area contributed by atoms with Crippen LogP contribution < -0.4 is 0 Å². The SMILES string of the molecule is COCCN(CCO)C(=O)CCCCO. The van der Waals surface area contributed by atoms with Crippen molar-refractivity contribution in [2.75, 3.05) is 40.0 Å². The van der Waals surface area contributed by atoms with Gasteiger partial charge in [0.05, 0.1) is 13.2 Å². The van der Waals surface area contributed by atoms with Crippen molar-refractivity contribution in [3.63, 3.8) is 0 Å². The zero-order valence-corrected chi connectivity index (χ0v) is 9.31. The molecule has 0 atom stereocenters. The first-order chi connectivity index (χ1) is 7.26. The Morgan fingerprint density at radius 3 is 2.47 bits per heavy atom. The number of hydrogen-bond donors (Lipinski definition) is 2. The molecule has 2 N–H and O–H groups in total. The van der Waals surface area contributed by atoms with Gasteiger partial charge in [-0.15, -0.1) is 0 Å². The molecule has 5 nitrogen and oxygen atoms in total. The number of amides is 1. The third-order valence-electron chi connectivity index (χ3n) is 2.09. The molecule has 0 heterocycles. The van der Waals surface area contributed by atoms with Crippen LogP contribution >= 0.6 is 0 Å². The number of ether oxygens (including phenoxy) is 1. The summed E-state index contributed by atoms with van der Waals surface area (Å²) in [5, 5.41) is 17.4. The van der Waals surface area contributed by atoms with Gasteiger partial charge >= 0.3 is 0 Å². The zero-order valence-electron chi connectivity index (χ0n) is 9.31. The normalized spacial score (nSPS) is 10.3. The number of rotatable bonds is 9. The van der Waals surface area contributed by atoms with Gasteiger partial charge in [0, 0.05) is 33.2 Å². The van der Waals surface area contributed by atoms with Crippen molar-refractivity contribution < 1.29 is 19.7 Å². The smallest absolute Gasteiger partial charge is 0.222 e. The number of aliphatic hydroxyl groups is 2. The predicted molar refractivity (Wildman–Crippen MR) is 56.5 cm³/mol. The Kier molecular flexibility index (Phi) is 9.46. The second kappa shape index (κ2) is 9.89. The zero-order chi connectivity index (χ0) is 11.5. The molecule has 0 saturated carbocycles. The summed E-state index contributed by atoms with van der Waals surface area (Å²) in [5.41, 5.74) is 0. The number of carbonyl (C=O) groups is 1. The van der Waals surface area contributed by atoms with Crippen LogP contribution in [0.1, 0.15) is 19.3 Å². The lowest BCUT2D eigenvalue weighted by atomic mass is 10.2. The van der Waals surface area contributed by atoms with Crippen molar-refractivity contribution in [3.8, 4) is 0 Å². The summed E-state index contributed by atoms with van der Waals surface area (Å²) in [6.07, 6.45) is 1.75. The number of carbonyl (C=O) groups excluding carboxylic acids is 1. The molecule has 90 valence electrons. The Bertz CT molecular complexity index is 164. The highest BCUT2D eigenvalue weighted by molar-refractivity contribution is 5.76. The highest BCUT2D eigenvalue weighted by atomic mass is 16.5. The van der Waals surface area contributed by atoms with E-state index in [-0.39, 0.29) is 19.1 Å². The number of methoxy groups -OCH3 is 1.